The van der Waals surface area contributed by atoms with Crippen molar-refractivity contribution < 1.29 is 15.0 Å². The maximum atomic E-state index is 10.6. The Morgan fingerprint density at radius 1 is 0.958 bits per heavy atom. The van der Waals surface area contributed by atoms with Crippen LogP contribution in [0.4, 0.5) is 5.69 Å². The van der Waals surface area contributed by atoms with Gasteiger partial charge >= 0.3 is 5.97 Å². The number of aromatic hydroxyl groups is 1. The Kier molecular flexibility index (Phi) is 4.74. The molecule has 4 heteroatoms. The van der Waals surface area contributed by atoms with Crippen molar-refractivity contribution in [1.29, 1.82) is 0 Å². The summed E-state index contributed by atoms with van der Waals surface area (Å²) in [4.78, 5) is 10.6. The van der Waals surface area contributed by atoms with Crippen LogP contribution >= 0.6 is 0 Å². The Balaban J connectivity index is 1.53. The quantitative estimate of drug-likeness (QED) is 0.686. The molecule has 0 amide bonds. The topological polar surface area (TPSA) is 69.6 Å². The average Bonchev–Trinajstić information content (AvgIpc) is 3.33. The van der Waals surface area contributed by atoms with E-state index >= 15 is 0 Å². The molecule has 2 aromatic carbocycles. The molecule has 0 heterocycles. The number of carboxylic acid groups (broad SMARTS) is 1. The number of hydrogen-bond acceptors (Lipinski definition) is 3. The maximum Gasteiger partial charge on any atom is 0.303 e. The molecule has 0 aliphatic heterocycles. The average molecular weight is 325 g/mol. The molecule has 1 aliphatic rings. The molecule has 0 aromatic heterocycles. The molecule has 0 bridgehead atoms. The van der Waals surface area contributed by atoms with Gasteiger partial charge in [0, 0.05) is 17.6 Å². The summed E-state index contributed by atoms with van der Waals surface area (Å²) >= 11 is 0. The smallest absolute Gasteiger partial charge is 0.303 e. The number of phenolic OH excluding ortho intramolecular Hbond substituents is 1. The first-order valence-electron chi connectivity index (χ1n) is 8.42. The zero-order valence-electron chi connectivity index (χ0n) is 13.7. The highest BCUT2D eigenvalue weighted by Crippen LogP contribution is 2.42. The molecule has 1 fully saturated rings. The SMILES string of the molecule is O=C(O)CCc1ccc(NC2(CCc3ccc(O)cc3)CC2)cc1. The molecular formula is C20H23NO3. The number of carboxylic acids is 1. The molecule has 3 N–H and O–H groups in total. The van der Waals surface area contributed by atoms with E-state index in [-0.39, 0.29) is 12.0 Å². The van der Waals surface area contributed by atoms with Gasteiger partial charge in [-0.1, -0.05) is 24.3 Å². The molecule has 0 radical (unpaired) electrons. The van der Waals surface area contributed by atoms with Gasteiger partial charge in [0.1, 0.15) is 5.75 Å². The van der Waals surface area contributed by atoms with Crippen LogP contribution in [-0.2, 0) is 17.6 Å². The largest absolute Gasteiger partial charge is 0.508 e. The number of carbonyl (C=O) groups is 1. The second-order valence-corrected chi connectivity index (χ2v) is 6.66. The highest BCUT2D eigenvalue weighted by molar-refractivity contribution is 5.67. The number of phenols is 1. The molecule has 1 saturated carbocycles. The molecule has 0 saturated heterocycles. The molecule has 2 aromatic rings. The Hall–Kier alpha value is -2.49. The summed E-state index contributed by atoms with van der Waals surface area (Å²) in [6.45, 7) is 0. The van der Waals surface area contributed by atoms with Gasteiger partial charge in [-0.25, -0.2) is 0 Å². The Bertz CT molecular complexity index is 688. The fourth-order valence-electron chi connectivity index (χ4n) is 2.95. The van der Waals surface area contributed by atoms with Crippen molar-refractivity contribution in [3.8, 4) is 5.75 Å². The third kappa shape index (κ3) is 4.51. The van der Waals surface area contributed by atoms with Crippen LogP contribution in [0.1, 0.15) is 36.8 Å². The first kappa shape index (κ1) is 16.4. The van der Waals surface area contributed by atoms with Gasteiger partial charge in [0.05, 0.1) is 0 Å². The van der Waals surface area contributed by atoms with Gasteiger partial charge in [-0.05, 0) is 67.5 Å². The minimum absolute atomic E-state index is 0.170. The van der Waals surface area contributed by atoms with Crippen molar-refractivity contribution in [3.63, 3.8) is 0 Å². The monoisotopic (exact) mass is 325 g/mol. The van der Waals surface area contributed by atoms with Gasteiger partial charge in [0.2, 0.25) is 0 Å². The van der Waals surface area contributed by atoms with Crippen molar-refractivity contribution in [1.82, 2.24) is 0 Å². The fraction of sp³-hybridized carbons (Fsp3) is 0.350. The third-order valence-corrected chi connectivity index (χ3v) is 4.67. The normalized spacial score (nSPS) is 15.0. The van der Waals surface area contributed by atoms with E-state index in [9.17, 15) is 9.90 Å². The lowest BCUT2D eigenvalue weighted by atomic mass is 10.0. The number of rotatable bonds is 8. The maximum absolute atomic E-state index is 10.6. The van der Waals surface area contributed by atoms with E-state index in [4.69, 9.17) is 5.11 Å². The number of benzene rings is 2. The van der Waals surface area contributed by atoms with E-state index in [0.29, 0.717) is 12.2 Å². The van der Waals surface area contributed by atoms with Gasteiger partial charge < -0.3 is 15.5 Å². The minimum atomic E-state index is -0.761. The van der Waals surface area contributed by atoms with Gasteiger partial charge in [-0.15, -0.1) is 0 Å². The lowest BCUT2D eigenvalue weighted by Gasteiger charge is -2.19. The molecule has 0 spiro atoms. The van der Waals surface area contributed by atoms with E-state index in [1.165, 1.54) is 18.4 Å². The summed E-state index contributed by atoms with van der Waals surface area (Å²) in [6, 6.07) is 15.5. The van der Waals surface area contributed by atoms with Crippen LogP contribution < -0.4 is 5.32 Å². The number of hydrogen-bond donors (Lipinski definition) is 3. The highest BCUT2D eigenvalue weighted by Gasteiger charge is 2.41. The van der Waals surface area contributed by atoms with Gasteiger partial charge in [-0.2, -0.15) is 0 Å². The van der Waals surface area contributed by atoms with E-state index < -0.39 is 5.97 Å². The van der Waals surface area contributed by atoms with Crippen LogP contribution in [0.15, 0.2) is 48.5 Å². The summed E-state index contributed by atoms with van der Waals surface area (Å²) < 4.78 is 0. The summed E-state index contributed by atoms with van der Waals surface area (Å²) in [6.07, 6.45) is 5.14. The second-order valence-electron chi connectivity index (χ2n) is 6.66. The summed E-state index contributed by atoms with van der Waals surface area (Å²) in [5.74, 6) is -0.454. The molecule has 126 valence electrons. The van der Waals surface area contributed by atoms with Crippen molar-refractivity contribution in [2.24, 2.45) is 0 Å². The predicted octanol–water partition coefficient (Wildman–Crippen LogP) is 3.99. The summed E-state index contributed by atoms with van der Waals surface area (Å²) in [7, 11) is 0. The summed E-state index contributed by atoms with van der Waals surface area (Å²) in [5, 5.41) is 21.7. The fourth-order valence-corrected chi connectivity index (χ4v) is 2.95. The van der Waals surface area contributed by atoms with Gasteiger partial charge in [0.25, 0.3) is 0 Å². The zero-order chi connectivity index (χ0) is 17.0. The van der Waals surface area contributed by atoms with Crippen LogP contribution in [0.5, 0.6) is 5.75 Å². The lowest BCUT2D eigenvalue weighted by molar-refractivity contribution is -0.136. The van der Waals surface area contributed by atoms with E-state index in [0.717, 1.165) is 24.1 Å². The van der Waals surface area contributed by atoms with Crippen molar-refractivity contribution in [2.45, 2.75) is 44.1 Å². The Morgan fingerprint density at radius 2 is 1.54 bits per heavy atom. The van der Waals surface area contributed by atoms with Crippen molar-refractivity contribution in [3.05, 3.63) is 59.7 Å². The van der Waals surface area contributed by atoms with Crippen LogP contribution in [0.25, 0.3) is 0 Å². The van der Waals surface area contributed by atoms with Crippen LogP contribution in [-0.4, -0.2) is 21.7 Å². The molecule has 24 heavy (non-hydrogen) atoms. The predicted molar refractivity (Wildman–Crippen MR) is 94.4 cm³/mol. The third-order valence-electron chi connectivity index (χ3n) is 4.67. The number of aryl methyl sites for hydroxylation is 2. The first-order valence-corrected chi connectivity index (χ1v) is 8.42. The second kappa shape index (κ2) is 6.95. The number of nitrogens with one attached hydrogen (secondary N) is 1. The van der Waals surface area contributed by atoms with Crippen LogP contribution in [0.3, 0.4) is 0 Å². The van der Waals surface area contributed by atoms with E-state index in [1.807, 2.05) is 36.4 Å². The molecule has 0 unspecified atom stereocenters. The highest BCUT2D eigenvalue weighted by atomic mass is 16.4. The van der Waals surface area contributed by atoms with Gasteiger partial charge in [0.15, 0.2) is 0 Å². The molecule has 4 nitrogen and oxygen atoms in total. The van der Waals surface area contributed by atoms with Crippen molar-refractivity contribution in [2.75, 3.05) is 5.32 Å². The standard InChI is InChI=1S/C20H23NO3/c22-18-8-3-16(4-9-18)11-12-20(13-14-20)21-17-6-1-15(2-7-17)5-10-19(23)24/h1-4,6-9,21-22H,5,10-14H2,(H,23,24). The molecular weight excluding hydrogens is 302 g/mol. The first-order chi connectivity index (χ1) is 11.5. The van der Waals surface area contributed by atoms with Crippen molar-refractivity contribution >= 4 is 11.7 Å². The molecule has 3 rings (SSSR count). The zero-order valence-corrected chi connectivity index (χ0v) is 13.7. The van der Waals surface area contributed by atoms with E-state index in [2.05, 4.69) is 5.32 Å². The van der Waals surface area contributed by atoms with E-state index in [1.54, 1.807) is 12.1 Å². The molecule has 1 aliphatic carbocycles. The van der Waals surface area contributed by atoms with Gasteiger partial charge in [-0.3, -0.25) is 4.79 Å². The Labute approximate surface area is 142 Å². The Morgan fingerprint density at radius 3 is 2.12 bits per heavy atom. The lowest BCUT2D eigenvalue weighted by Crippen LogP contribution is -2.22. The number of anilines is 1. The van der Waals surface area contributed by atoms with Crippen LogP contribution in [0, 0.1) is 0 Å². The molecule has 0 atom stereocenters. The minimum Gasteiger partial charge on any atom is -0.508 e. The summed E-state index contributed by atoms with van der Waals surface area (Å²) in [5.41, 5.74) is 3.57. The number of aliphatic carboxylic acids is 1. The van der Waals surface area contributed by atoms with Crippen LogP contribution in [0.2, 0.25) is 0 Å².